The quantitative estimate of drug-likeness (QED) is 0.399. The number of aliphatic hydroxyl groups excluding tert-OH is 1. The van der Waals surface area contributed by atoms with E-state index in [2.05, 4.69) is 17.8 Å². The lowest BCUT2D eigenvalue weighted by molar-refractivity contribution is 0.574. The monoisotopic (exact) mass is 120 g/mol. The Kier molecular flexibility index (Phi) is 3.21. The molecule has 1 N–H and O–H groups in total. The molecule has 0 saturated heterocycles. The van der Waals surface area contributed by atoms with Crippen molar-refractivity contribution in [3.05, 3.63) is 12.7 Å². The Bertz CT molecular complexity index is 101. The van der Waals surface area contributed by atoms with Crippen LogP contribution in [0.3, 0.4) is 0 Å². The number of rotatable bonds is 1. The van der Waals surface area contributed by atoms with Crippen molar-refractivity contribution in [2.75, 3.05) is 0 Å². The molecule has 0 aliphatic heterocycles. The van der Waals surface area contributed by atoms with E-state index < -0.39 is 0 Å². The van der Waals surface area contributed by atoms with Crippen LogP contribution in [0.4, 0.5) is 0 Å². The highest BCUT2D eigenvalue weighted by Crippen LogP contribution is 1.58. The lowest BCUT2D eigenvalue weighted by Gasteiger charge is -1.70. The van der Waals surface area contributed by atoms with Gasteiger partial charge < -0.3 is 5.11 Å². The predicted octanol–water partition coefficient (Wildman–Crippen LogP) is 0.405. The first-order valence-electron chi connectivity index (χ1n) is 1.29. The van der Waals surface area contributed by atoms with Crippen LogP contribution in [0, 0.1) is 0 Å². The van der Waals surface area contributed by atoms with Gasteiger partial charge in [0.2, 0.25) is 0 Å². The third kappa shape index (κ3) is 2.26. The van der Waals surface area contributed by atoms with Crippen molar-refractivity contribution >= 4 is 26.1 Å². The van der Waals surface area contributed by atoms with Gasteiger partial charge in [-0.1, -0.05) is 6.58 Å². The van der Waals surface area contributed by atoms with Gasteiger partial charge in [-0.25, -0.2) is 0 Å². The first-order chi connectivity index (χ1) is 2.81. The van der Waals surface area contributed by atoms with Gasteiger partial charge in [0.25, 0.3) is 0 Å². The Morgan fingerprint density at radius 1 is 2.00 bits per heavy atom. The molecule has 0 unspecified atom stereocenters. The first-order valence-corrected chi connectivity index (χ1v) is 3.03. The van der Waals surface area contributed by atoms with E-state index in [1.807, 2.05) is 0 Å². The van der Waals surface area contributed by atoms with E-state index in [1.54, 1.807) is 0 Å². The van der Waals surface area contributed by atoms with Gasteiger partial charge in [-0.3, -0.25) is 0 Å². The Balaban J connectivity index is 3.86. The molecule has 0 aromatic rings. The normalized spacial score (nSPS) is 6.83. The molecular weight excluding hydrogens is 116 g/mol. The van der Waals surface area contributed by atoms with Gasteiger partial charge in [-0.2, -0.15) is 0 Å². The molecule has 0 radical (unpaired) electrons. The van der Waals surface area contributed by atoms with Crippen LogP contribution in [0.5, 0.6) is 0 Å². The minimum absolute atomic E-state index is 0.0880. The zero-order chi connectivity index (χ0) is 4.99. The molecule has 0 saturated carbocycles. The average molecular weight is 120 g/mol. The largest absolute Gasteiger partial charge is 0.351 e. The Morgan fingerprint density at radius 3 is 2.50 bits per heavy atom. The molecule has 0 bridgehead atoms. The molecule has 6 heavy (non-hydrogen) atoms. The van der Waals surface area contributed by atoms with Crippen molar-refractivity contribution < 1.29 is 5.11 Å². The molecule has 0 aromatic carbocycles. The molecule has 0 aliphatic rings. The van der Waals surface area contributed by atoms with Crippen LogP contribution in [0.25, 0.3) is 0 Å². The Labute approximate surface area is 44.5 Å². The molecule has 1 nitrogen and oxygen atoms in total. The Morgan fingerprint density at radius 2 is 2.50 bits per heavy atom. The third-order valence-electron chi connectivity index (χ3n) is 0.260. The maximum atomic E-state index is 8.32. The fourth-order valence-corrected chi connectivity index (χ4v) is 0.306. The third-order valence-corrected chi connectivity index (χ3v) is 1.11. The van der Waals surface area contributed by atoms with Gasteiger partial charge >= 0.3 is 0 Å². The van der Waals surface area contributed by atoms with E-state index in [-0.39, 0.29) is 5.05 Å². The van der Waals surface area contributed by atoms with Crippen LogP contribution in [0.15, 0.2) is 12.7 Å². The van der Waals surface area contributed by atoms with E-state index in [9.17, 15) is 0 Å². The molecule has 34 valence electrons. The molecule has 3 heteroatoms. The van der Waals surface area contributed by atoms with E-state index in [0.29, 0.717) is 0 Å². The molecule has 0 fully saturated rings. The molecule has 0 amide bonds. The van der Waals surface area contributed by atoms with Gasteiger partial charge in [-0.05, 0) is 27.2 Å². The van der Waals surface area contributed by atoms with Crippen molar-refractivity contribution in [3.8, 4) is 0 Å². The molecule has 0 atom stereocenters. The topological polar surface area (TPSA) is 20.2 Å². The van der Waals surface area contributed by atoms with Crippen LogP contribution in [0.1, 0.15) is 0 Å². The van der Waals surface area contributed by atoms with Gasteiger partial charge in [0.15, 0.2) is 0 Å². The fourth-order valence-electron chi connectivity index (χ4n) is 0.0340. The highest BCUT2D eigenvalue weighted by atomic mass is 32.8. The SMILES string of the molecule is C=CC(O)=S=S. The van der Waals surface area contributed by atoms with Crippen molar-refractivity contribution in [1.82, 2.24) is 0 Å². The smallest absolute Gasteiger partial charge is 0.136 e. The summed E-state index contributed by atoms with van der Waals surface area (Å²) in [6.07, 6.45) is 1.30. The molecule has 0 heterocycles. The number of hydrogen-bond donors (Lipinski definition) is 1. The summed E-state index contributed by atoms with van der Waals surface area (Å²) in [5, 5.41) is 8.41. The van der Waals surface area contributed by atoms with Crippen molar-refractivity contribution in [3.63, 3.8) is 0 Å². The van der Waals surface area contributed by atoms with Gasteiger partial charge in [-0.15, -0.1) is 0 Å². The van der Waals surface area contributed by atoms with Crippen LogP contribution in [-0.4, -0.2) is 10.2 Å². The van der Waals surface area contributed by atoms with Gasteiger partial charge in [0, 0.05) is 0 Å². The average Bonchev–Trinajstić information content (AvgIpc) is 1.65. The molecule has 0 rings (SSSR count). The summed E-state index contributed by atoms with van der Waals surface area (Å²) >= 11 is 4.33. The number of aliphatic hydroxyl groups is 1. The minimum Gasteiger partial charge on any atom is -0.351 e. The Hall–Kier alpha value is 0.0100. The summed E-state index contributed by atoms with van der Waals surface area (Å²) in [6.45, 7) is 3.26. The second-order valence-electron chi connectivity index (χ2n) is 0.626. The first kappa shape index (κ1) is 6.01. The fraction of sp³-hybridized carbons (Fsp3) is 0. The van der Waals surface area contributed by atoms with Crippen LogP contribution >= 0.6 is 0 Å². The lowest BCUT2D eigenvalue weighted by Crippen LogP contribution is -1.83. The number of hydrogen-bond acceptors (Lipinski definition) is 1. The van der Waals surface area contributed by atoms with E-state index in [1.165, 1.54) is 6.08 Å². The zero-order valence-electron chi connectivity index (χ0n) is 3.05. The van der Waals surface area contributed by atoms with E-state index in [0.717, 1.165) is 9.91 Å². The summed E-state index contributed by atoms with van der Waals surface area (Å²) < 4.78 is 0. The molecule has 0 spiro atoms. The van der Waals surface area contributed by atoms with Crippen LogP contribution < -0.4 is 0 Å². The van der Waals surface area contributed by atoms with Crippen LogP contribution in [-0.2, 0) is 21.1 Å². The zero-order valence-corrected chi connectivity index (χ0v) is 4.68. The maximum absolute atomic E-state index is 8.32. The second kappa shape index (κ2) is 3.21. The van der Waals surface area contributed by atoms with E-state index in [4.69, 9.17) is 5.11 Å². The van der Waals surface area contributed by atoms with Crippen LogP contribution in [0.2, 0.25) is 0 Å². The van der Waals surface area contributed by atoms with Crippen molar-refractivity contribution in [1.29, 1.82) is 0 Å². The summed E-state index contributed by atoms with van der Waals surface area (Å²) in [6, 6.07) is 0. The summed E-state index contributed by atoms with van der Waals surface area (Å²) in [7, 11) is 0.862. The molecule has 0 aromatic heterocycles. The molecule has 0 aliphatic carbocycles. The standard InChI is InChI=1S/C3H4OS2/c1-2-3(4)6-5/h2,4H,1H2. The highest BCUT2D eigenvalue weighted by Gasteiger charge is 1.68. The summed E-state index contributed by atoms with van der Waals surface area (Å²) in [4.78, 5) is 0. The second-order valence-corrected chi connectivity index (χ2v) is 1.71. The lowest BCUT2D eigenvalue weighted by atomic mass is 10.7. The maximum Gasteiger partial charge on any atom is 0.136 e. The van der Waals surface area contributed by atoms with Crippen molar-refractivity contribution in [2.24, 2.45) is 0 Å². The van der Waals surface area contributed by atoms with Gasteiger partial charge in [0.05, 0.1) is 0 Å². The minimum atomic E-state index is 0.0880. The van der Waals surface area contributed by atoms with Gasteiger partial charge in [0.1, 0.15) is 5.05 Å². The summed E-state index contributed by atoms with van der Waals surface area (Å²) in [5.74, 6) is 0. The molecular formula is C3H4OS2. The van der Waals surface area contributed by atoms with Crippen molar-refractivity contribution in [2.45, 2.75) is 0 Å². The predicted molar refractivity (Wildman–Crippen MR) is 32.6 cm³/mol. The van der Waals surface area contributed by atoms with E-state index >= 15 is 0 Å². The summed E-state index contributed by atoms with van der Waals surface area (Å²) in [5.41, 5.74) is 0. The highest BCUT2D eigenvalue weighted by molar-refractivity contribution is 8.17.